The zero-order chi connectivity index (χ0) is 20.0. The normalized spacial score (nSPS) is 11.9. The molecule has 0 radical (unpaired) electrons. The molecule has 2 aromatic rings. The zero-order valence-corrected chi connectivity index (χ0v) is 17.3. The van der Waals surface area contributed by atoms with Crippen LogP contribution in [0, 0.1) is 16.3 Å². The quantitative estimate of drug-likeness (QED) is 0.249. The van der Waals surface area contributed by atoms with Gasteiger partial charge in [0.15, 0.2) is 0 Å². The Morgan fingerprint density at radius 1 is 1.33 bits per heavy atom. The molecule has 0 bridgehead atoms. The Morgan fingerprint density at radius 2 is 2.07 bits per heavy atom. The van der Waals surface area contributed by atoms with E-state index in [2.05, 4.69) is 33.4 Å². The second kappa shape index (κ2) is 10.2. The van der Waals surface area contributed by atoms with Gasteiger partial charge in [0.05, 0.1) is 35.6 Å². The van der Waals surface area contributed by atoms with Gasteiger partial charge < -0.3 is 15.5 Å². The number of hydrogen-bond donors (Lipinski definition) is 4. The summed E-state index contributed by atoms with van der Waals surface area (Å²) >= 11 is 8.01. The van der Waals surface area contributed by atoms with Gasteiger partial charge in [-0.15, -0.1) is 0 Å². The number of anilines is 2. The maximum absolute atomic E-state index is 13.9. The molecule has 0 saturated heterocycles. The molecular weight excluding hydrogens is 490 g/mol. The van der Waals surface area contributed by atoms with E-state index >= 15 is 0 Å². The molecule has 9 heteroatoms. The molecule has 27 heavy (non-hydrogen) atoms. The molecule has 1 unspecified atom stereocenters. The van der Waals surface area contributed by atoms with Crippen molar-refractivity contribution < 1.29 is 24.2 Å². The fourth-order valence-corrected chi connectivity index (χ4v) is 3.02. The molecule has 0 aromatic heterocycles. The number of amides is 1. The van der Waals surface area contributed by atoms with Crippen LogP contribution in [0.25, 0.3) is 0 Å². The molecule has 0 heterocycles. The molecule has 0 aliphatic rings. The smallest absolute Gasteiger partial charge is 0.277 e. The molecule has 0 spiro atoms. The predicted octanol–water partition coefficient (Wildman–Crippen LogP) is 3.54. The third-order valence-electron chi connectivity index (χ3n) is 3.69. The fourth-order valence-electron chi connectivity index (χ4n) is 2.21. The number of aliphatic hydroxyl groups is 2. The number of carbonyl (C=O) groups excluding carboxylic acids is 1. The fraction of sp³-hybridized carbons (Fsp3) is 0.278. The van der Waals surface area contributed by atoms with E-state index in [1.54, 1.807) is 0 Å². The lowest BCUT2D eigenvalue weighted by Gasteiger charge is -2.15. The summed E-state index contributed by atoms with van der Waals surface area (Å²) in [6, 6.07) is 8.02. The first-order valence-corrected chi connectivity index (χ1v) is 9.50. The second-order valence-corrected chi connectivity index (χ2v) is 7.45. The Hall–Kier alpha value is -1.46. The number of hydrogen-bond acceptors (Lipinski definition) is 5. The molecule has 1 atom stereocenters. The van der Waals surface area contributed by atoms with Crippen molar-refractivity contribution in [3.63, 3.8) is 0 Å². The molecule has 2 rings (SSSR count). The van der Waals surface area contributed by atoms with Crippen LogP contribution in [0.4, 0.5) is 15.8 Å². The number of halogens is 3. The highest BCUT2D eigenvalue weighted by Crippen LogP contribution is 2.29. The van der Waals surface area contributed by atoms with E-state index < -0.39 is 24.4 Å². The van der Waals surface area contributed by atoms with E-state index in [9.17, 15) is 14.3 Å². The molecule has 0 saturated carbocycles. The van der Waals surface area contributed by atoms with E-state index in [0.29, 0.717) is 0 Å². The molecule has 146 valence electrons. The number of hydroxylamine groups is 1. The monoisotopic (exact) mass is 508 g/mol. The Kier molecular flexibility index (Phi) is 8.24. The van der Waals surface area contributed by atoms with Crippen LogP contribution >= 0.6 is 34.2 Å². The molecule has 1 amide bonds. The standard InChI is InChI=1S/C18H19ClFIN2O4/c1-10-6-11(21)2-3-16(10)22-17-8-15(20)14(19)7-13(17)18(26)23-27-5-4-12(25)9-24/h2-3,6-8,12,22,24-25H,4-5,9H2,1H3,(H,23,26). The number of rotatable bonds is 8. The van der Waals surface area contributed by atoms with Gasteiger partial charge in [-0.25, -0.2) is 9.87 Å². The number of carbonyl (C=O) groups is 1. The largest absolute Gasteiger partial charge is 0.394 e. The number of nitrogens with one attached hydrogen (secondary N) is 2. The predicted molar refractivity (Wildman–Crippen MR) is 110 cm³/mol. The molecule has 4 N–H and O–H groups in total. The highest BCUT2D eigenvalue weighted by molar-refractivity contribution is 14.1. The third-order valence-corrected chi connectivity index (χ3v) is 4.65. The first kappa shape index (κ1) is 21.8. The van der Waals surface area contributed by atoms with Gasteiger partial charge in [0.2, 0.25) is 0 Å². The minimum Gasteiger partial charge on any atom is -0.394 e. The summed E-state index contributed by atoms with van der Waals surface area (Å²) in [5.41, 5.74) is 4.20. The van der Waals surface area contributed by atoms with Crippen LogP contribution in [-0.2, 0) is 4.84 Å². The van der Waals surface area contributed by atoms with Gasteiger partial charge in [-0.2, -0.15) is 0 Å². The first-order chi connectivity index (χ1) is 12.8. The summed E-state index contributed by atoms with van der Waals surface area (Å²) in [5.74, 6) is -1.29. The summed E-state index contributed by atoms with van der Waals surface area (Å²) in [5, 5.41) is 20.8. The van der Waals surface area contributed by atoms with Gasteiger partial charge in [-0.05, 0) is 65.4 Å². The van der Waals surface area contributed by atoms with Crippen LogP contribution in [0.5, 0.6) is 0 Å². The lowest BCUT2D eigenvalue weighted by molar-refractivity contribution is 0.00706. The van der Waals surface area contributed by atoms with Crippen LogP contribution in [0.2, 0.25) is 5.02 Å². The average Bonchev–Trinajstić information content (AvgIpc) is 2.63. The number of benzene rings is 2. The van der Waals surface area contributed by atoms with Crippen molar-refractivity contribution in [3.8, 4) is 0 Å². The third kappa shape index (κ3) is 6.28. The minimum atomic E-state index is -0.928. The maximum atomic E-state index is 13.9. The Labute approximate surface area is 174 Å². The lowest BCUT2D eigenvalue weighted by atomic mass is 10.1. The molecule has 0 aliphatic carbocycles. The molecule has 0 fully saturated rings. The second-order valence-electron chi connectivity index (χ2n) is 5.80. The molecule has 6 nitrogen and oxygen atoms in total. The van der Waals surface area contributed by atoms with Crippen LogP contribution in [0.1, 0.15) is 22.3 Å². The SMILES string of the molecule is Cc1cc(I)ccc1Nc1cc(F)c(Cl)cc1C(=O)NOCCC(O)CO. The van der Waals surface area contributed by atoms with Gasteiger partial charge in [0, 0.05) is 15.7 Å². The topological polar surface area (TPSA) is 90.8 Å². The van der Waals surface area contributed by atoms with E-state index in [4.69, 9.17) is 21.5 Å². The summed E-state index contributed by atoms with van der Waals surface area (Å²) in [6.07, 6.45) is -0.781. The van der Waals surface area contributed by atoms with Crippen LogP contribution < -0.4 is 10.8 Å². The number of aliphatic hydroxyl groups excluding tert-OH is 2. The summed E-state index contributed by atoms with van der Waals surface area (Å²) < 4.78 is 15.0. The lowest BCUT2D eigenvalue weighted by Crippen LogP contribution is -2.27. The van der Waals surface area contributed by atoms with E-state index in [1.807, 2.05) is 25.1 Å². The van der Waals surface area contributed by atoms with Gasteiger partial charge in [-0.3, -0.25) is 9.63 Å². The van der Waals surface area contributed by atoms with Gasteiger partial charge >= 0.3 is 0 Å². The maximum Gasteiger partial charge on any atom is 0.277 e. The highest BCUT2D eigenvalue weighted by Gasteiger charge is 2.17. The van der Waals surface area contributed by atoms with Crippen molar-refractivity contribution in [1.82, 2.24) is 5.48 Å². The first-order valence-electron chi connectivity index (χ1n) is 8.05. The number of aryl methyl sites for hydroxylation is 1. The minimum absolute atomic E-state index is 0.00137. The molecule has 0 aliphatic heterocycles. The summed E-state index contributed by atoms with van der Waals surface area (Å²) in [4.78, 5) is 17.4. The summed E-state index contributed by atoms with van der Waals surface area (Å²) in [7, 11) is 0. The Morgan fingerprint density at radius 3 is 2.74 bits per heavy atom. The molecule has 2 aromatic carbocycles. The van der Waals surface area contributed by atoms with E-state index in [-0.39, 0.29) is 29.3 Å². The van der Waals surface area contributed by atoms with Gasteiger partial charge in [0.25, 0.3) is 5.91 Å². The van der Waals surface area contributed by atoms with Crippen molar-refractivity contribution in [2.24, 2.45) is 0 Å². The van der Waals surface area contributed by atoms with Crippen molar-refractivity contribution in [1.29, 1.82) is 0 Å². The molecular formula is C18H19ClFIN2O4. The average molecular weight is 509 g/mol. The Bertz CT molecular complexity index is 822. The van der Waals surface area contributed by atoms with Gasteiger partial charge in [-0.1, -0.05) is 11.6 Å². The van der Waals surface area contributed by atoms with Crippen LogP contribution in [-0.4, -0.2) is 35.4 Å². The van der Waals surface area contributed by atoms with Crippen molar-refractivity contribution in [2.75, 3.05) is 18.5 Å². The van der Waals surface area contributed by atoms with Crippen molar-refractivity contribution in [3.05, 3.63) is 55.9 Å². The zero-order valence-electron chi connectivity index (χ0n) is 14.4. The highest BCUT2D eigenvalue weighted by atomic mass is 127. The summed E-state index contributed by atoms with van der Waals surface area (Å²) in [6.45, 7) is 1.50. The van der Waals surface area contributed by atoms with Crippen molar-refractivity contribution in [2.45, 2.75) is 19.4 Å². The van der Waals surface area contributed by atoms with Crippen molar-refractivity contribution >= 4 is 51.5 Å². The van der Waals surface area contributed by atoms with Gasteiger partial charge in [0.1, 0.15) is 5.82 Å². The van der Waals surface area contributed by atoms with Crippen LogP contribution in [0.15, 0.2) is 30.3 Å². The van der Waals surface area contributed by atoms with E-state index in [1.165, 1.54) is 6.07 Å². The van der Waals surface area contributed by atoms with Crippen LogP contribution in [0.3, 0.4) is 0 Å². The van der Waals surface area contributed by atoms with E-state index in [0.717, 1.165) is 20.9 Å². The Balaban J connectivity index is 2.17.